The van der Waals surface area contributed by atoms with Crippen molar-refractivity contribution in [1.29, 1.82) is 5.26 Å². The molecular formula is C17H18N2S. The number of hydrogen-bond acceptors (Lipinski definition) is 3. The van der Waals surface area contributed by atoms with E-state index in [0.717, 1.165) is 11.3 Å². The van der Waals surface area contributed by atoms with Crippen LogP contribution in [0.5, 0.6) is 0 Å². The number of benzene rings is 1. The van der Waals surface area contributed by atoms with Gasteiger partial charge in [0.1, 0.15) is 0 Å². The van der Waals surface area contributed by atoms with E-state index in [-0.39, 0.29) is 5.92 Å². The van der Waals surface area contributed by atoms with Crippen molar-refractivity contribution >= 4 is 17.0 Å². The van der Waals surface area contributed by atoms with E-state index >= 15 is 0 Å². The molecule has 0 bridgehead atoms. The van der Waals surface area contributed by atoms with E-state index in [0.29, 0.717) is 6.42 Å². The lowest BCUT2D eigenvalue weighted by Gasteiger charge is -2.24. The molecule has 2 rings (SSSR count). The Morgan fingerprint density at radius 2 is 2.20 bits per heavy atom. The molecule has 3 heteroatoms. The number of thiophene rings is 1. The van der Waals surface area contributed by atoms with Gasteiger partial charge in [0.15, 0.2) is 0 Å². The first-order valence-electron chi connectivity index (χ1n) is 6.49. The summed E-state index contributed by atoms with van der Waals surface area (Å²) < 4.78 is 0. The Hall–Kier alpha value is -2.05. The third-order valence-electron chi connectivity index (χ3n) is 3.37. The molecule has 0 aliphatic rings. The van der Waals surface area contributed by atoms with E-state index < -0.39 is 0 Å². The van der Waals surface area contributed by atoms with Gasteiger partial charge in [-0.2, -0.15) is 16.6 Å². The standard InChI is InChI=1S/C17H18N2S/c1-4-15(14-9-11-20-12-14)17-13(8-10-18)6-5-7-16(17)19(2)3/h4-7,9,11-12,15H,1,8H2,2-3H3. The lowest BCUT2D eigenvalue weighted by molar-refractivity contribution is 0.976. The molecule has 0 amide bonds. The highest BCUT2D eigenvalue weighted by molar-refractivity contribution is 7.08. The van der Waals surface area contributed by atoms with Crippen LogP contribution in [0.25, 0.3) is 0 Å². The van der Waals surface area contributed by atoms with Crippen molar-refractivity contribution in [3.05, 3.63) is 64.4 Å². The number of allylic oxidation sites excluding steroid dienone is 1. The monoisotopic (exact) mass is 282 g/mol. The second kappa shape index (κ2) is 6.40. The topological polar surface area (TPSA) is 27.0 Å². The minimum Gasteiger partial charge on any atom is -0.377 e. The molecule has 0 spiro atoms. The molecule has 2 aromatic rings. The predicted octanol–water partition coefficient (Wildman–Crippen LogP) is 4.20. The van der Waals surface area contributed by atoms with Crippen molar-refractivity contribution in [3.63, 3.8) is 0 Å². The fourth-order valence-electron chi connectivity index (χ4n) is 2.46. The van der Waals surface area contributed by atoms with E-state index in [2.05, 4.69) is 40.4 Å². The van der Waals surface area contributed by atoms with Gasteiger partial charge in [0.25, 0.3) is 0 Å². The van der Waals surface area contributed by atoms with Gasteiger partial charge in [0.05, 0.1) is 12.5 Å². The van der Waals surface area contributed by atoms with Crippen LogP contribution >= 0.6 is 11.3 Å². The fraction of sp³-hybridized carbons (Fsp3) is 0.235. The third kappa shape index (κ3) is 2.76. The summed E-state index contributed by atoms with van der Waals surface area (Å²) in [4.78, 5) is 2.10. The van der Waals surface area contributed by atoms with Crippen molar-refractivity contribution < 1.29 is 0 Å². The zero-order chi connectivity index (χ0) is 14.5. The van der Waals surface area contributed by atoms with Crippen LogP contribution in [0.2, 0.25) is 0 Å². The van der Waals surface area contributed by atoms with Gasteiger partial charge >= 0.3 is 0 Å². The quantitative estimate of drug-likeness (QED) is 0.769. The summed E-state index contributed by atoms with van der Waals surface area (Å²) in [6, 6.07) is 10.5. The van der Waals surface area contributed by atoms with Crippen LogP contribution in [0.4, 0.5) is 5.69 Å². The summed E-state index contributed by atoms with van der Waals surface area (Å²) in [6.45, 7) is 4.00. The Morgan fingerprint density at radius 1 is 1.40 bits per heavy atom. The minimum absolute atomic E-state index is 0.128. The molecule has 0 saturated carbocycles. The van der Waals surface area contributed by atoms with Crippen LogP contribution in [-0.2, 0) is 6.42 Å². The average Bonchev–Trinajstić information content (AvgIpc) is 2.95. The minimum atomic E-state index is 0.128. The van der Waals surface area contributed by atoms with Crippen molar-refractivity contribution in [2.24, 2.45) is 0 Å². The van der Waals surface area contributed by atoms with Crippen molar-refractivity contribution in [3.8, 4) is 6.07 Å². The lowest BCUT2D eigenvalue weighted by atomic mass is 9.87. The Kier molecular flexibility index (Phi) is 4.60. The van der Waals surface area contributed by atoms with Crippen molar-refractivity contribution in [2.75, 3.05) is 19.0 Å². The zero-order valence-corrected chi connectivity index (χ0v) is 12.7. The van der Waals surface area contributed by atoms with Gasteiger partial charge in [-0.1, -0.05) is 18.2 Å². The molecule has 0 radical (unpaired) electrons. The Labute approximate surface area is 124 Å². The molecule has 0 aliphatic heterocycles. The van der Waals surface area contributed by atoms with E-state index in [1.165, 1.54) is 11.1 Å². The summed E-state index contributed by atoms with van der Waals surface area (Å²) in [5, 5.41) is 13.3. The highest BCUT2D eigenvalue weighted by Gasteiger charge is 2.19. The van der Waals surface area contributed by atoms with Gasteiger partial charge in [0.2, 0.25) is 0 Å². The number of rotatable bonds is 5. The molecule has 20 heavy (non-hydrogen) atoms. The van der Waals surface area contributed by atoms with Crippen LogP contribution in [-0.4, -0.2) is 14.1 Å². The summed E-state index contributed by atoms with van der Waals surface area (Å²) in [6.07, 6.45) is 2.39. The largest absolute Gasteiger partial charge is 0.377 e. The Bertz CT molecular complexity index is 621. The van der Waals surface area contributed by atoms with Gasteiger partial charge in [-0.15, -0.1) is 6.58 Å². The number of nitriles is 1. The lowest BCUT2D eigenvalue weighted by Crippen LogP contribution is -2.14. The van der Waals surface area contributed by atoms with Crippen LogP contribution < -0.4 is 4.90 Å². The van der Waals surface area contributed by atoms with Crippen LogP contribution in [0.1, 0.15) is 22.6 Å². The molecule has 2 nitrogen and oxygen atoms in total. The molecule has 102 valence electrons. The molecular weight excluding hydrogens is 264 g/mol. The second-order valence-corrected chi connectivity index (χ2v) is 5.63. The Morgan fingerprint density at radius 3 is 2.75 bits per heavy atom. The van der Waals surface area contributed by atoms with Crippen LogP contribution in [0.15, 0.2) is 47.7 Å². The number of hydrogen-bond donors (Lipinski definition) is 0. The molecule has 1 unspecified atom stereocenters. The molecule has 1 atom stereocenters. The normalized spacial score (nSPS) is 11.7. The van der Waals surface area contributed by atoms with Gasteiger partial charge < -0.3 is 4.90 Å². The first-order chi connectivity index (χ1) is 9.69. The van der Waals surface area contributed by atoms with E-state index in [1.807, 2.05) is 32.3 Å². The van der Waals surface area contributed by atoms with Crippen molar-refractivity contribution in [1.82, 2.24) is 0 Å². The molecule has 0 aliphatic carbocycles. The second-order valence-electron chi connectivity index (χ2n) is 4.85. The van der Waals surface area contributed by atoms with Crippen molar-refractivity contribution in [2.45, 2.75) is 12.3 Å². The van der Waals surface area contributed by atoms with Gasteiger partial charge in [-0.3, -0.25) is 0 Å². The van der Waals surface area contributed by atoms with Gasteiger partial charge in [0, 0.05) is 25.7 Å². The smallest absolute Gasteiger partial charge is 0.0669 e. The summed E-state index contributed by atoms with van der Waals surface area (Å²) in [7, 11) is 4.06. The molecule has 0 saturated heterocycles. The van der Waals surface area contributed by atoms with Crippen LogP contribution in [0.3, 0.4) is 0 Å². The zero-order valence-electron chi connectivity index (χ0n) is 11.8. The maximum Gasteiger partial charge on any atom is 0.0669 e. The highest BCUT2D eigenvalue weighted by atomic mass is 32.1. The first-order valence-corrected chi connectivity index (χ1v) is 7.44. The highest BCUT2D eigenvalue weighted by Crippen LogP contribution is 2.36. The maximum absolute atomic E-state index is 9.07. The van der Waals surface area contributed by atoms with Gasteiger partial charge in [-0.25, -0.2) is 0 Å². The third-order valence-corrected chi connectivity index (χ3v) is 4.08. The number of nitrogens with zero attached hydrogens (tertiary/aromatic N) is 2. The molecule has 1 aromatic carbocycles. The van der Waals surface area contributed by atoms with E-state index in [9.17, 15) is 0 Å². The fourth-order valence-corrected chi connectivity index (χ4v) is 3.16. The average molecular weight is 282 g/mol. The summed E-state index contributed by atoms with van der Waals surface area (Å²) >= 11 is 1.69. The number of anilines is 1. The van der Waals surface area contributed by atoms with E-state index in [1.54, 1.807) is 11.3 Å². The molecule has 0 N–H and O–H groups in total. The molecule has 1 heterocycles. The van der Waals surface area contributed by atoms with Gasteiger partial charge in [-0.05, 0) is 39.6 Å². The Balaban J connectivity index is 2.62. The van der Waals surface area contributed by atoms with E-state index in [4.69, 9.17) is 5.26 Å². The maximum atomic E-state index is 9.07. The predicted molar refractivity (Wildman–Crippen MR) is 86.4 cm³/mol. The summed E-state index contributed by atoms with van der Waals surface area (Å²) in [5.74, 6) is 0.128. The molecule has 0 fully saturated rings. The first kappa shape index (κ1) is 14.4. The molecule has 1 aromatic heterocycles. The summed E-state index contributed by atoms with van der Waals surface area (Å²) in [5.41, 5.74) is 4.65. The SMILES string of the molecule is C=CC(c1ccsc1)c1c(CC#N)cccc1N(C)C. The van der Waals surface area contributed by atoms with Crippen LogP contribution in [0, 0.1) is 11.3 Å².